The second-order valence-electron chi connectivity index (χ2n) is 8.27. The number of carboxylic acid groups (broad SMARTS) is 2. The SMILES string of the molecule is COc1ccc2c(c1OC)CN(C(=O)C(C)NC(CCc1ccccc1)C(=O)O)C(C(=O)O)C2. The number of amides is 1. The van der Waals surface area contributed by atoms with Crippen LogP contribution in [-0.4, -0.2) is 65.3 Å². The van der Waals surface area contributed by atoms with Crippen LogP contribution in [0.5, 0.6) is 11.5 Å². The first kappa shape index (κ1) is 25.0. The molecular weight excluding hydrogens is 440 g/mol. The molecule has 182 valence electrons. The van der Waals surface area contributed by atoms with Crippen molar-refractivity contribution in [1.82, 2.24) is 10.2 Å². The molecule has 0 saturated heterocycles. The Morgan fingerprint density at radius 3 is 2.38 bits per heavy atom. The Balaban J connectivity index is 1.79. The van der Waals surface area contributed by atoms with Crippen molar-refractivity contribution in [3.8, 4) is 11.5 Å². The van der Waals surface area contributed by atoms with Crippen molar-refractivity contribution in [3.05, 3.63) is 59.2 Å². The summed E-state index contributed by atoms with van der Waals surface area (Å²) in [7, 11) is 2.99. The van der Waals surface area contributed by atoms with Gasteiger partial charge >= 0.3 is 11.9 Å². The predicted molar refractivity (Wildman–Crippen MR) is 124 cm³/mol. The van der Waals surface area contributed by atoms with Crippen LogP contribution in [-0.2, 0) is 33.8 Å². The Kier molecular flexibility index (Phi) is 8.12. The van der Waals surface area contributed by atoms with Crippen LogP contribution < -0.4 is 14.8 Å². The maximum atomic E-state index is 13.3. The number of hydrogen-bond donors (Lipinski definition) is 3. The number of aliphatic carboxylic acids is 2. The number of carboxylic acids is 2. The molecule has 0 fully saturated rings. The fourth-order valence-electron chi connectivity index (χ4n) is 4.30. The summed E-state index contributed by atoms with van der Waals surface area (Å²) < 4.78 is 10.8. The second kappa shape index (κ2) is 11.0. The van der Waals surface area contributed by atoms with Crippen molar-refractivity contribution in [2.24, 2.45) is 0 Å². The molecule has 1 amide bonds. The van der Waals surface area contributed by atoms with Crippen LogP contribution in [0.4, 0.5) is 0 Å². The van der Waals surface area contributed by atoms with Crippen molar-refractivity contribution >= 4 is 17.8 Å². The van der Waals surface area contributed by atoms with Crippen LogP contribution in [0.15, 0.2) is 42.5 Å². The van der Waals surface area contributed by atoms with E-state index in [1.54, 1.807) is 19.1 Å². The third-order valence-electron chi connectivity index (χ3n) is 6.12. The van der Waals surface area contributed by atoms with Crippen LogP contribution in [0.2, 0.25) is 0 Å². The first-order chi connectivity index (χ1) is 16.3. The first-order valence-electron chi connectivity index (χ1n) is 11.1. The highest BCUT2D eigenvalue weighted by atomic mass is 16.5. The van der Waals surface area contributed by atoms with Gasteiger partial charge in [0.05, 0.1) is 26.8 Å². The van der Waals surface area contributed by atoms with Gasteiger partial charge in [0.1, 0.15) is 12.1 Å². The highest BCUT2D eigenvalue weighted by Crippen LogP contribution is 2.38. The molecule has 1 aliphatic heterocycles. The summed E-state index contributed by atoms with van der Waals surface area (Å²) in [5.41, 5.74) is 2.44. The van der Waals surface area contributed by atoms with E-state index in [1.807, 2.05) is 30.3 Å². The molecule has 0 radical (unpaired) electrons. The lowest BCUT2D eigenvalue weighted by atomic mass is 9.92. The molecule has 3 rings (SSSR count). The van der Waals surface area contributed by atoms with E-state index in [-0.39, 0.29) is 19.4 Å². The van der Waals surface area contributed by atoms with Gasteiger partial charge in [0.15, 0.2) is 11.5 Å². The Morgan fingerprint density at radius 2 is 1.79 bits per heavy atom. The van der Waals surface area contributed by atoms with Crippen molar-refractivity contribution in [3.63, 3.8) is 0 Å². The minimum absolute atomic E-state index is 0.0132. The van der Waals surface area contributed by atoms with Gasteiger partial charge in [0, 0.05) is 12.0 Å². The Bertz CT molecular complexity index is 1040. The Morgan fingerprint density at radius 1 is 1.09 bits per heavy atom. The number of benzene rings is 2. The van der Waals surface area contributed by atoms with E-state index in [2.05, 4.69) is 5.32 Å². The van der Waals surface area contributed by atoms with E-state index in [4.69, 9.17) is 9.47 Å². The maximum Gasteiger partial charge on any atom is 0.326 e. The normalized spacial score (nSPS) is 16.8. The molecule has 0 aliphatic carbocycles. The van der Waals surface area contributed by atoms with Gasteiger partial charge in [-0.1, -0.05) is 36.4 Å². The minimum atomic E-state index is -1.13. The van der Waals surface area contributed by atoms with Crippen LogP contribution in [0.3, 0.4) is 0 Å². The van der Waals surface area contributed by atoms with Gasteiger partial charge in [-0.25, -0.2) is 4.79 Å². The number of aryl methyl sites for hydroxylation is 1. The second-order valence-corrected chi connectivity index (χ2v) is 8.27. The predicted octanol–water partition coefficient (Wildman–Crippen LogP) is 2.11. The maximum absolute atomic E-state index is 13.3. The molecule has 9 nitrogen and oxygen atoms in total. The lowest BCUT2D eigenvalue weighted by Crippen LogP contribution is -2.56. The molecule has 1 aliphatic rings. The molecule has 3 unspecified atom stereocenters. The molecule has 2 aromatic rings. The number of carbonyl (C=O) groups is 3. The quantitative estimate of drug-likeness (QED) is 0.482. The topological polar surface area (TPSA) is 125 Å². The fourth-order valence-corrected chi connectivity index (χ4v) is 4.30. The molecule has 9 heteroatoms. The molecule has 0 saturated carbocycles. The van der Waals surface area contributed by atoms with E-state index in [1.165, 1.54) is 19.1 Å². The lowest BCUT2D eigenvalue weighted by Gasteiger charge is -2.37. The summed E-state index contributed by atoms with van der Waals surface area (Å²) in [6.45, 7) is 1.57. The van der Waals surface area contributed by atoms with Gasteiger partial charge < -0.3 is 24.6 Å². The number of ether oxygens (including phenoxy) is 2. The van der Waals surface area contributed by atoms with Gasteiger partial charge in [-0.05, 0) is 37.0 Å². The molecule has 1 heterocycles. The summed E-state index contributed by atoms with van der Waals surface area (Å²) in [4.78, 5) is 38.4. The van der Waals surface area contributed by atoms with Crippen molar-refractivity contribution in [1.29, 1.82) is 0 Å². The van der Waals surface area contributed by atoms with Crippen LogP contribution in [0.1, 0.15) is 30.0 Å². The number of nitrogens with one attached hydrogen (secondary N) is 1. The standard InChI is InChI=1S/C25H30N2O7/c1-15(26-19(24(29)30)11-9-16-7-5-4-6-8-16)23(28)27-14-18-17(13-20(27)25(31)32)10-12-21(33-2)22(18)34-3/h4-8,10,12,15,19-20,26H,9,11,13-14H2,1-3H3,(H,29,30)(H,31,32). The van der Waals surface area contributed by atoms with Gasteiger partial charge in [-0.2, -0.15) is 0 Å². The van der Waals surface area contributed by atoms with E-state index < -0.39 is 36.0 Å². The van der Waals surface area contributed by atoms with Crippen molar-refractivity contribution < 1.29 is 34.1 Å². The monoisotopic (exact) mass is 470 g/mol. The van der Waals surface area contributed by atoms with Gasteiger partial charge in [-0.15, -0.1) is 0 Å². The minimum Gasteiger partial charge on any atom is -0.493 e. The largest absolute Gasteiger partial charge is 0.493 e. The molecule has 0 bridgehead atoms. The molecule has 34 heavy (non-hydrogen) atoms. The number of fused-ring (bicyclic) bond motifs is 1. The van der Waals surface area contributed by atoms with E-state index >= 15 is 0 Å². The average molecular weight is 471 g/mol. The van der Waals surface area contributed by atoms with Crippen LogP contribution in [0.25, 0.3) is 0 Å². The highest BCUT2D eigenvalue weighted by molar-refractivity contribution is 5.88. The number of rotatable bonds is 10. The number of carbonyl (C=O) groups excluding carboxylic acids is 1. The zero-order chi connectivity index (χ0) is 24.8. The number of nitrogens with zero attached hydrogens (tertiary/aromatic N) is 1. The summed E-state index contributed by atoms with van der Waals surface area (Å²) >= 11 is 0. The highest BCUT2D eigenvalue weighted by Gasteiger charge is 2.38. The summed E-state index contributed by atoms with van der Waals surface area (Å²) in [5, 5.41) is 22.4. The third kappa shape index (κ3) is 5.48. The molecule has 3 N–H and O–H groups in total. The zero-order valence-electron chi connectivity index (χ0n) is 19.5. The average Bonchev–Trinajstić information content (AvgIpc) is 2.84. The summed E-state index contributed by atoms with van der Waals surface area (Å²) in [6.07, 6.45) is 0.921. The molecule has 2 aromatic carbocycles. The molecule has 3 atom stereocenters. The number of hydrogen-bond acceptors (Lipinski definition) is 6. The number of methoxy groups -OCH3 is 2. The van der Waals surface area contributed by atoms with Crippen molar-refractivity contribution in [2.45, 2.75) is 50.9 Å². The first-order valence-corrected chi connectivity index (χ1v) is 11.1. The molecule has 0 aromatic heterocycles. The smallest absolute Gasteiger partial charge is 0.326 e. The Hall–Kier alpha value is -3.59. The van der Waals surface area contributed by atoms with E-state index in [0.29, 0.717) is 23.5 Å². The van der Waals surface area contributed by atoms with E-state index in [9.17, 15) is 24.6 Å². The zero-order valence-corrected chi connectivity index (χ0v) is 19.5. The van der Waals surface area contributed by atoms with Crippen LogP contribution in [0, 0.1) is 0 Å². The van der Waals surface area contributed by atoms with Gasteiger partial charge in [0.2, 0.25) is 5.91 Å². The van der Waals surface area contributed by atoms with Gasteiger partial charge in [0.25, 0.3) is 0 Å². The van der Waals surface area contributed by atoms with Gasteiger partial charge in [-0.3, -0.25) is 14.9 Å². The summed E-state index contributed by atoms with van der Waals surface area (Å²) in [5.74, 6) is -1.75. The third-order valence-corrected chi connectivity index (χ3v) is 6.12. The fraction of sp³-hybridized carbons (Fsp3) is 0.400. The molecule has 0 spiro atoms. The van der Waals surface area contributed by atoms with Crippen LogP contribution >= 0.6 is 0 Å². The molecular formula is C25H30N2O7. The van der Waals surface area contributed by atoms with Crippen molar-refractivity contribution in [2.75, 3.05) is 14.2 Å². The lowest BCUT2D eigenvalue weighted by molar-refractivity contribution is -0.152. The van der Waals surface area contributed by atoms with E-state index in [0.717, 1.165) is 11.1 Å². The summed E-state index contributed by atoms with van der Waals surface area (Å²) in [6, 6.07) is 10.0. The Labute approximate surface area is 198 Å².